The predicted octanol–water partition coefficient (Wildman–Crippen LogP) is 1.13. The molecule has 0 atom stereocenters. The number of carbonyl (C=O) groups excluding carboxylic acids is 1. The maximum Gasteiger partial charge on any atom is 0.239 e. The number of rotatable bonds is 5. The fourth-order valence-electron chi connectivity index (χ4n) is 2.69. The number of aryl methyl sites for hydroxylation is 1. The van der Waals surface area contributed by atoms with Crippen LogP contribution in [-0.4, -0.2) is 63.1 Å². The molecule has 0 aromatic carbocycles. The van der Waals surface area contributed by atoms with Crippen molar-refractivity contribution in [3.05, 3.63) is 29.0 Å². The number of anilines is 1. The molecular formula is C15H21ClN6O2. The van der Waals surface area contributed by atoms with Gasteiger partial charge in [0, 0.05) is 39.3 Å². The van der Waals surface area contributed by atoms with E-state index in [0.717, 1.165) is 38.5 Å². The molecule has 1 aliphatic rings. The Hall–Kier alpha value is -1.90. The van der Waals surface area contributed by atoms with Crippen molar-refractivity contribution in [2.75, 3.05) is 38.0 Å². The maximum absolute atomic E-state index is 12.0. The Morgan fingerprint density at radius 3 is 2.62 bits per heavy atom. The minimum Gasteiger partial charge on any atom is -0.360 e. The summed E-state index contributed by atoms with van der Waals surface area (Å²) in [7, 11) is 1.91. The molecule has 24 heavy (non-hydrogen) atoms. The predicted molar refractivity (Wildman–Crippen MR) is 89.8 cm³/mol. The van der Waals surface area contributed by atoms with Crippen LogP contribution in [0.1, 0.15) is 11.6 Å². The largest absolute Gasteiger partial charge is 0.360 e. The standard InChI is InChI=1S/C15H21ClN6O2/c1-11-7-13(19-24-11)18-15(23)10-22-5-3-21(4-6-22)9-14-17-8-12(16)20(14)2/h7-8H,3-6,9-10H2,1-2H3,(H,18,19,23). The van der Waals surface area contributed by atoms with Crippen molar-refractivity contribution >= 4 is 23.3 Å². The summed E-state index contributed by atoms with van der Waals surface area (Å²) in [5.74, 6) is 2.01. The van der Waals surface area contributed by atoms with E-state index in [1.54, 1.807) is 19.2 Å². The topological polar surface area (TPSA) is 79.4 Å². The Labute approximate surface area is 145 Å². The van der Waals surface area contributed by atoms with Gasteiger partial charge in [0.2, 0.25) is 5.91 Å². The highest BCUT2D eigenvalue weighted by atomic mass is 35.5. The minimum absolute atomic E-state index is 0.0763. The highest BCUT2D eigenvalue weighted by Gasteiger charge is 2.20. The third kappa shape index (κ3) is 4.14. The van der Waals surface area contributed by atoms with Crippen molar-refractivity contribution < 1.29 is 9.32 Å². The molecule has 0 radical (unpaired) electrons. The summed E-state index contributed by atoms with van der Waals surface area (Å²) in [5, 5.41) is 7.15. The highest BCUT2D eigenvalue weighted by molar-refractivity contribution is 6.29. The van der Waals surface area contributed by atoms with Crippen LogP contribution in [-0.2, 0) is 18.4 Å². The Morgan fingerprint density at radius 1 is 1.33 bits per heavy atom. The molecule has 1 aliphatic heterocycles. The first-order valence-electron chi connectivity index (χ1n) is 7.85. The number of imidazole rings is 1. The molecule has 2 aromatic rings. The summed E-state index contributed by atoms with van der Waals surface area (Å²) in [6.07, 6.45) is 1.67. The van der Waals surface area contributed by atoms with Crippen molar-refractivity contribution in [2.24, 2.45) is 7.05 Å². The molecule has 1 amide bonds. The molecule has 0 aliphatic carbocycles. The van der Waals surface area contributed by atoms with Gasteiger partial charge in [-0.1, -0.05) is 16.8 Å². The molecule has 3 rings (SSSR count). The highest BCUT2D eigenvalue weighted by Crippen LogP contribution is 2.13. The lowest BCUT2D eigenvalue weighted by Gasteiger charge is -2.33. The Bertz CT molecular complexity index is 705. The van der Waals surface area contributed by atoms with Crippen molar-refractivity contribution in [2.45, 2.75) is 13.5 Å². The van der Waals surface area contributed by atoms with Crippen LogP contribution >= 0.6 is 11.6 Å². The van der Waals surface area contributed by atoms with Gasteiger partial charge in [-0.05, 0) is 6.92 Å². The summed E-state index contributed by atoms with van der Waals surface area (Å²) in [4.78, 5) is 20.8. The summed E-state index contributed by atoms with van der Waals surface area (Å²) >= 11 is 6.01. The molecule has 0 saturated carbocycles. The average Bonchev–Trinajstić information content (AvgIpc) is 3.09. The lowest BCUT2D eigenvalue weighted by molar-refractivity contribution is -0.117. The van der Waals surface area contributed by atoms with Gasteiger partial charge < -0.3 is 14.4 Å². The normalized spacial score (nSPS) is 16.5. The molecule has 1 fully saturated rings. The number of nitrogens with zero attached hydrogens (tertiary/aromatic N) is 5. The van der Waals surface area contributed by atoms with E-state index < -0.39 is 0 Å². The van der Waals surface area contributed by atoms with Crippen LogP contribution in [0.2, 0.25) is 5.15 Å². The second kappa shape index (κ2) is 7.33. The van der Waals surface area contributed by atoms with Crippen LogP contribution in [0, 0.1) is 6.92 Å². The fourth-order valence-corrected chi connectivity index (χ4v) is 2.83. The second-order valence-electron chi connectivity index (χ2n) is 5.98. The zero-order chi connectivity index (χ0) is 17.1. The first kappa shape index (κ1) is 16.9. The van der Waals surface area contributed by atoms with Crippen LogP contribution in [0.4, 0.5) is 5.82 Å². The van der Waals surface area contributed by atoms with Crippen molar-refractivity contribution in [1.29, 1.82) is 0 Å². The van der Waals surface area contributed by atoms with Crippen LogP contribution in [0.25, 0.3) is 0 Å². The molecule has 3 heterocycles. The van der Waals surface area contributed by atoms with E-state index in [0.29, 0.717) is 23.3 Å². The van der Waals surface area contributed by atoms with Crippen LogP contribution in [0.3, 0.4) is 0 Å². The number of amides is 1. The monoisotopic (exact) mass is 352 g/mol. The molecule has 0 unspecified atom stereocenters. The molecular weight excluding hydrogens is 332 g/mol. The number of aromatic nitrogens is 3. The van der Waals surface area contributed by atoms with Gasteiger partial charge in [-0.15, -0.1) is 0 Å². The number of piperazine rings is 1. The number of carbonyl (C=O) groups is 1. The molecule has 1 N–H and O–H groups in total. The van der Waals surface area contributed by atoms with Gasteiger partial charge in [0.1, 0.15) is 16.7 Å². The van der Waals surface area contributed by atoms with Gasteiger partial charge in [0.25, 0.3) is 0 Å². The van der Waals surface area contributed by atoms with Crippen molar-refractivity contribution in [3.63, 3.8) is 0 Å². The molecule has 8 nitrogen and oxygen atoms in total. The van der Waals surface area contributed by atoms with E-state index in [9.17, 15) is 4.79 Å². The first-order chi connectivity index (χ1) is 11.5. The van der Waals surface area contributed by atoms with E-state index in [2.05, 4.69) is 25.3 Å². The van der Waals surface area contributed by atoms with Crippen LogP contribution in [0.5, 0.6) is 0 Å². The number of nitrogens with one attached hydrogen (secondary N) is 1. The first-order valence-corrected chi connectivity index (χ1v) is 8.23. The van der Waals surface area contributed by atoms with E-state index in [1.807, 2.05) is 11.6 Å². The summed E-state index contributed by atoms with van der Waals surface area (Å²) in [6.45, 7) is 6.36. The van der Waals surface area contributed by atoms with Crippen LogP contribution in [0.15, 0.2) is 16.8 Å². The SMILES string of the molecule is Cc1cc(NC(=O)CN2CCN(Cc3ncc(Cl)n3C)CC2)no1. The Morgan fingerprint density at radius 2 is 2.04 bits per heavy atom. The lowest BCUT2D eigenvalue weighted by Crippen LogP contribution is -2.48. The van der Waals surface area contributed by atoms with Gasteiger partial charge in [0.15, 0.2) is 5.82 Å². The van der Waals surface area contributed by atoms with Gasteiger partial charge in [0.05, 0.1) is 19.3 Å². The lowest BCUT2D eigenvalue weighted by atomic mass is 10.3. The minimum atomic E-state index is -0.0763. The smallest absolute Gasteiger partial charge is 0.239 e. The zero-order valence-corrected chi connectivity index (χ0v) is 14.6. The van der Waals surface area contributed by atoms with E-state index in [4.69, 9.17) is 16.1 Å². The number of halogens is 1. The van der Waals surface area contributed by atoms with Gasteiger partial charge in [-0.2, -0.15) is 0 Å². The summed E-state index contributed by atoms with van der Waals surface area (Å²) < 4.78 is 6.83. The molecule has 1 saturated heterocycles. The molecule has 9 heteroatoms. The van der Waals surface area contributed by atoms with Gasteiger partial charge in [-0.25, -0.2) is 4.98 Å². The summed E-state index contributed by atoms with van der Waals surface area (Å²) in [5.41, 5.74) is 0. The zero-order valence-electron chi connectivity index (χ0n) is 13.8. The van der Waals surface area contributed by atoms with Gasteiger partial charge in [-0.3, -0.25) is 14.6 Å². The summed E-state index contributed by atoms with van der Waals surface area (Å²) in [6, 6.07) is 1.70. The van der Waals surface area contributed by atoms with E-state index in [1.165, 1.54) is 0 Å². The van der Waals surface area contributed by atoms with E-state index >= 15 is 0 Å². The second-order valence-corrected chi connectivity index (χ2v) is 6.37. The molecule has 130 valence electrons. The van der Waals surface area contributed by atoms with Crippen molar-refractivity contribution in [3.8, 4) is 0 Å². The quantitative estimate of drug-likeness (QED) is 0.869. The van der Waals surface area contributed by atoms with Crippen molar-refractivity contribution in [1.82, 2.24) is 24.5 Å². The third-order valence-electron chi connectivity index (χ3n) is 4.12. The number of hydrogen-bond donors (Lipinski definition) is 1. The third-order valence-corrected chi connectivity index (χ3v) is 4.47. The van der Waals surface area contributed by atoms with Crippen LogP contribution < -0.4 is 5.32 Å². The Kier molecular flexibility index (Phi) is 5.17. The van der Waals surface area contributed by atoms with Gasteiger partial charge >= 0.3 is 0 Å². The molecule has 2 aromatic heterocycles. The Balaban J connectivity index is 1.43. The van der Waals surface area contributed by atoms with E-state index in [-0.39, 0.29) is 5.91 Å². The molecule has 0 spiro atoms. The average molecular weight is 353 g/mol. The maximum atomic E-state index is 12.0. The fraction of sp³-hybridized carbons (Fsp3) is 0.533. The molecule has 0 bridgehead atoms. The number of hydrogen-bond acceptors (Lipinski definition) is 6.